The highest BCUT2D eigenvalue weighted by atomic mass is 35.5. The fourth-order valence-electron chi connectivity index (χ4n) is 1.30. The van der Waals surface area contributed by atoms with Crippen molar-refractivity contribution in [2.24, 2.45) is 0 Å². The Hall–Kier alpha value is -1.12. The van der Waals surface area contributed by atoms with Crippen LogP contribution in [-0.2, 0) is 0 Å². The second-order valence-electron chi connectivity index (χ2n) is 3.03. The third kappa shape index (κ3) is 2.46. The minimum absolute atomic E-state index is 0.523. The van der Waals surface area contributed by atoms with Gasteiger partial charge in [-0.3, -0.25) is 0 Å². The number of benzene rings is 1. The van der Waals surface area contributed by atoms with Gasteiger partial charge in [-0.2, -0.15) is 4.39 Å². The van der Waals surface area contributed by atoms with Crippen molar-refractivity contribution in [3.05, 3.63) is 52.5 Å². The van der Waals surface area contributed by atoms with Gasteiger partial charge in [0.15, 0.2) is 0 Å². The van der Waals surface area contributed by atoms with Gasteiger partial charge in [0.05, 0.1) is 0 Å². The van der Waals surface area contributed by atoms with Gasteiger partial charge in [0.1, 0.15) is 0 Å². The summed E-state index contributed by atoms with van der Waals surface area (Å²) in [6.45, 7) is 0. The maximum Gasteiger partial charge on any atom is 0.213 e. The molecule has 0 aliphatic carbocycles. The van der Waals surface area contributed by atoms with Crippen molar-refractivity contribution >= 4 is 23.2 Å². The largest absolute Gasteiger partial charge is 0.228 e. The molecule has 0 aliphatic heterocycles. The lowest BCUT2D eigenvalue weighted by Crippen LogP contribution is -1.84. The highest BCUT2D eigenvalue weighted by Gasteiger charge is 2.02. The second-order valence-corrected chi connectivity index (χ2v) is 3.90. The monoisotopic (exact) mass is 241 g/mol. The molecule has 0 amide bonds. The molecule has 0 N–H and O–H groups in total. The molecule has 0 bridgehead atoms. The number of rotatable bonds is 1. The minimum Gasteiger partial charge on any atom is -0.228 e. The first-order chi connectivity index (χ1) is 7.15. The molecule has 2 rings (SSSR count). The van der Waals surface area contributed by atoms with Crippen LogP contribution in [0.2, 0.25) is 10.0 Å². The molecule has 1 nitrogen and oxygen atoms in total. The lowest BCUT2D eigenvalue weighted by atomic mass is 10.1. The van der Waals surface area contributed by atoms with Gasteiger partial charge >= 0.3 is 0 Å². The molecule has 1 aromatic heterocycles. The topological polar surface area (TPSA) is 12.9 Å². The zero-order chi connectivity index (χ0) is 10.8. The first-order valence-electron chi connectivity index (χ1n) is 4.23. The Labute approximate surface area is 96.5 Å². The highest BCUT2D eigenvalue weighted by Crippen LogP contribution is 2.26. The molecule has 0 aliphatic rings. The summed E-state index contributed by atoms with van der Waals surface area (Å²) in [5.41, 5.74) is 1.47. The number of hydrogen-bond acceptors (Lipinski definition) is 1. The normalized spacial score (nSPS) is 10.3. The molecule has 0 unspecified atom stereocenters. The van der Waals surface area contributed by atoms with Crippen LogP contribution in [0.1, 0.15) is 0 Å². The van der Waals surface area contributed by atoms with Crippen molar-refractivity contribution in [2.75, 3.05) is 0 Å². The molecule has 0 saturated heterocycles. The fourth-order valence-corrected chi connectivity index (χ4v) is 1.83. The first kappa shape index (κ1) is 10.4. The molecular weight excluding hydrogens is 236 g/mol. The Morgan fingerprint density at radius 1 is 0.933 bits per heavy atom. The van der Waals surface area contributed by atoms with E-state index < -0.39 is 5.95 Å². The summed E-state index contributed by atoms with van der Waals surface area (Å²) in [7, 11) is 0. The van der Waals surface area contributed by atoms with E-state index in [9.17, 15) is 4.39 Å². The SMILES string of the molecule is Fc1cc(-c2cc(Cl)cc(Cl)c2)ccn1. The van der Waals surface area contributed by atoms with E-state index in [1.807, 2.05) is 0 Å². The average Bonchev–Trinajstić information content (AvgIpc) is 2.16. The Balaban J connectivity index is 2.54. The fraction of sp³-hybridized carbons (Fsp3) is 0. The third-order valence-electron chi connectivity index (χ3n) is 1.92. The van der Waals surface area contributed by atoms with E-state index >= 15 is 0 Å². The molecule has 76 valence electrons. The summed E-state index contributed by atoms with van der Waals surface area (Å²) in [4.78, 5) is 3.48. The molecule has 4 heteroatoms. The maximum absolute atomic E-state index is 12.9. The van der Waals surface area contributed by atoms with E-state index in [4.69, 9.17) is 23.2 Å². The van der Waals surface area contributed by atoms with Gasteiger partial charge in [0.2, 0.25) is 5.95 Å². The van der Waals surface area contributed by atoms with Gasteiger partial charge < -0.3 is 0 Å². The molecule has 2 aromatic rings. The van der Waals surface area contributed by atoms with Gasteiger partial charge in [-0.05, 0) is 35.4 Å². The second kappa shape index (κ2) is 4.17. The number of hydrogen-bond donors (Lipinski definition) is 0. The summed E-state index contributed by atoms with van der Waals surface area (Å²) < 4.78 is 12.9. The Morgan fingerprint density at radius 3 is 2.20 bits per heavy atom. The molecule has 1 heterocycles. The van der Waals surface area contributed by atoms with Crippen molar-refractivity contribution < 1.29 is 4.39 Å². The molecule has 1 aromatic carbocycles. The summed E-state index contributed by atoms with van der Waals surface area (Å²) in [5, 5.41) is 1.05. The smallest absolute Gasteiger partial charge is 0.213 e. The van der Waals surface area contributed by atoms with Crippen LogP contribution >= 0.6 is 23.2 Å². The van der Waals surface area contributed by atoms with E-state index in [1.165, 1.54) is 12.3 Å². The van der Waals surface area contributed by atoms with Crippen LogP contribution in [-0.4, -0.2) is 4.98 Å². The summed E-state index contributed by atoms with van der Waals surface area (Å²) in [5.74, 6) is -0.524. The lowest BCUT2D eigenvalue weighted by Gasteiger charge is -2.02. The molecule has 0 atom stereocenters. The van der Waals surface area contributed by atoms with E-state index in [2.05, 4.69) is 4.98 Å². The molecule has 0 fully saturated rings. The zero-order valence-electron chi connectivity index (χ0n) is 7.55. The van der Waals surface area contributed by atoms with Gasteiger partial charge in [-0.25, -0.2) is 4.98 Å². The number of halogens is 3. The van der Waals surface area contributed by atoms with E-state index in [0.29, 0.717) is 15.6 Å². The van der Waals surface area contributed by atoms with Crippen molar-refractivity contribution in [3.8, 4) is 11.1 Å². The first-order valence-corrected chi connectivity index (χ1v) is 4.99. The summed E-state index contributed by atoms with van der Waals surface area (Å²) in [6.07, 6.45) is 1.40. The Kier molecular flexibility index (Phi) is 2.89. The summed E-state index contributed by atoms with van der Waals surface area (Å²) >= 11 is 11.7. The van der Waals surface area contributed by atoms with Gasteiger partial charge in [-0.15, -0.1) is 0 Å². The maximum atomic E-state index is 12.9. The number of pyridine rings is 1. The van der Waals surface area contributed by atoms with Crippen LogP contribution in [0.15, 0.2) is 36.5 Å². The molecule has 0 radical (unpaired) electrons. The van der Waals surface area contributed by atoms with Gasteiger partial charge in [0.25, 0.3) is 0 Å². The minimum atomic E-state index is -0.524. The van der Waals surface area contributed by atoms with Crippen LogP contribution in [0.3, 0.4) is 0 Å². The molecular formula is C11H6Cl2FN. The van der Waals surface area contributed by atoms with E-state index in [-0.39, 0.29) is 0 Å². The van der Waals surface area contributed by atoms with Crippen molar-refractivity contribution in [3.63, 3.8) is 0 Å². The third-order valence-corrected chi connectivity index (χ3v) is 2.36. The number of nitrogens with zero attached hydrogens (tertiary/aromatic N) is 1. The Morgan fingerprint density at radius 2 is 1.60 bits per heavy atom. The van der Waals surface area contributed by atoms with Crippen LogP contribution in [0.5, 0.6) is 0 Å². The van der Waals surface area contributed by atoms with Crippen molar-refractivity contribution in [2.45, 2.75) is 0 Å². The van der Waals surface area contributed by atoms with Gasteiger partial charge in [-0.1, -0.05) is 23.2 Å². The van der Waals surface area contributed by atoms with Crippen LogP contribution in [0, 0.1) is 5.95 Å². The molecule has 0 spiro atoms. The van der Waals surface area contributed by atoms with E-state index in [1.54, 1.807) is 24.3 Å². The Bertz CT molecular complexity index is 479. The van der Waals surface area contributed by atoms with Crippen LogP contribution in [0.4, 0.5) is 4.39 Å². The quantitative estimate of drug-likeness (QED) is 0.683. The van der Waals surface area contributed by atoms with Crippen LogP contribution < -0.4 is 0 Å². The average molecular weight is 242 g/mol. The lowest BCUT2D eigenvalue weighted by molar-refractivity contribution is 0.584. The predicted octanol–water partition coefficient (Wildman–Crippen LogP) is 4.19. The molecule has 0 saturated carbocycles. The van der Waals surface area contributed by atoms with Crippen molar-refractivity contribution in [1.29, 1.82) is 0 Å². The predicted molar refractivity (Wildman–Crippen MR) is 59.7 cm³/mol. The zero-order valence-corrected chi connectivity index (χ0v) is 9.06. The standard InChI is InChI=1S/C11H6Cl2FN/c12-9-3-8(4-10(13)6-9)7-1-2-15-11(14)5-7/h1-6H. The highest BCUT2D eigenvalue weighted by molar-refractivity contribution is 6.35. The summed E-state index contributed by atoms with van der Waals surface area (Å²) in [6, 6.07) is 8.11. The molecule has 15 heavy (non-hydrogen) atoms. The van der Waals surface area contributed by atoms with E-state index in [0.717, 1.165) is 5.56 Å². The van der Waals surface area contributed by atoms with Crippen LogP contribution in [0.25, 0.3) is 11.1 Å². The van der Waals surface area contributed by atoms with Crippen molar-refractivity contribution in [1.82, 2.24) is 4.98 Å². The van der Waals surface area contributed by atoms with Gasteiger partial charge in [0, 0.05) is 22.3 Å². The number of aromatic nitrogens is 1.